The maximum atomic E-state index is 13.2. The van der Waals surface area contributed by atoms with Crippen molar-refractivity contribution in [2.45, 2.75) is 12.5 Å². The standard InChI is InChI=1S/C11H14BrFN2O/c12-10-2-1-8(13)5-9(10)11(15-14)7-3-4-16-6-7/h1-2,5,7,11,15H,3-4,6,14H2. The Balaban J connectivity index is 2.28. The molecule has 0 bridgehead atoms. The zero-order chi connectivity index (χ0) is 11.5. The van der Waals surface area contributed by atoms with Crippen LogP contribution in [0.5, 0.6) is 0 Å². The number of nitrogens with two attached hydrogens (primary N) is 1. The second-order valence-electron chi connectivity index (χ2n) is 3.93. The minimum absolute atomic E-state index is 0.0763. The fourth-order valence-corrected chi connectivity index (χ4v) is 2.54. The minimum atomic E-state index is -0.252. The molecule has 1 fully saturated rings. The predicted molar refractivity (Wildman–Crippen MR) is 63.1 cm³/mol. The molecule has 2 atom stereocenters. The van der Waals surface area contributed by atoms with Gasteiger partial charge >= 0.3 is 0 Å². The third kappa shape index (κ3) is 2.43. The lowest BCUT2D eigenvalue weighted by atomic mass is 9.93. The van der Waals surface area contributed by atoms with Crippen molar-refractivity contribution in [3.63, 3.8) is 0 Å². The van der Waals surface area contributed by atoms with Gasteiger partial charge in [0.2, 0.25) is 0 Å². The van der Waals surface area contributed by atoms with Crippen LogP contribution in [0.25, 0.3) is 0 Å². The molecule has 2 unspecified atom stereocenters. The number of ether oxygens (including phenoxy) is 1. The molecule has 0 aliphatic carbocycles. The predicted octanol–water partition coefficient (Wildman–Crippen LogP) is 2.13. The maximum absolute atomic E-state index is 13.2. The Morgan fingerprint density at radius 3 is 3.00 bits per heavy atom. The maximum Gasteiger partial charge on any atom is 0.123 e. The molecule has 1 aliphatic rings. The number of hydrogen-bond acceptors (Lipinski definition) is 3. The second-order valence-corrected chi connectivity index (χ2v) is 4.79. The van der Waals surface area contributed by atoms with Gasteiger partial charge in [-0.2, -0.15) is 0 Å². The Kier molecular flexibility index (Phi) is 3.91. The average molecular weight is 289 g/mol. The lowest BCUT2D eigenvalue weighted by Gasteiger charge is -2.23. The fourth-order valence-electron chi connectivity index (χ4n) is 2.05. The molecule has 0 saturated carbocycles. The SMILES string of the molecule is NNC(c1cc(F)ccc1Br)C1CCOC1. The van der Waals surface area contributed by atoms with Crippen LogP contribution in [0.3, 0.4) is 0 Å². The van der Waals surface area contributed by atoms with Gasteiger partial charge in [-0.15, -0.1) is 0 Å². The highest BCUT2D eigenvalue weighted by Crippen LogP contribution is 2.32. The molecule has 0 aromatic heterocycles. The molecule has 1 aliphatic heterocycles. The van der Waals surface area contributed by atoms with Gasteiger partial charge in [0.1, 0.15) is 5.82 Å². The highest BCUT2D eigenvalue weighted by Gasteiger charge is 2.27. The van der Waals surface area contributed by atoms with Gasteiger partial charge in [-0.1, -0.05) is 15.9 Å². The largest absolute Gasteiger partial charge is 0.381 e. The van der Waals surface area contributed by atoms with E-state index in [1.54, 1.807) is 6.07 Å². The van der Waals surface area contributed by atoms with Crippen LogP contribution in [0, 0.1) is 11.7 Å². The first-order valence-corrected chi connectivity index (χ1v) is 6.00. The normalized spacial score (nSPS) is 22.3. The van der Waals surface area contributed by atoms with Crippen LogP contribution in [-0.4, -0.2) is 13.2 Å². The number of hydrazine groups is 1. The van der Waals surface area contributed by atoms with Gasteiger partial charge in [0.05, 0.1) is 12.6 Å². The van der Waals surface area contributed by atoms with Crippen molar-refractivity contribution in [1.29, 1.82) is 0 Å². The molecule has 1 aromatic carbocycles. The van der Waals surface area contributed by atoms with Crippen molar-refractivity contribution in [3.05, 3.63) is 34.1 Å². The summed E-state index contributed by atoms with van der Waals surface area (Å²) in [6.07, 6.45) is 0.942. The Labute approximate surface area is 102 Å². The van der Waals surface area contributed by atoms with E-state index in [1.807, 2.05) is 0 Å². The van der Waals surface area contributed by atoms with Crippen molar-refractivity contribution in [3.8, 4) is 0 Å². The zero-order valence-corrected chi connectivity index (χ0v) is 10.3. The average Bonchev–Trinajstić information content (AvgIpc) is 2.78. The summed E-state index contributed by atoms with van der Waals surface area (Å²) in [6, 6.07) is 4.55. The summed E-state index contributed by atoms with van der Waals surface area (Å²) in [5.74, 6) is 5.60. The van der Waals surface area contributed by atoms with Gasteiger partial charge in [-0.25, -0.2) is 4.39 Å². The van der Waals surface area contributed by atoms with Gasteiger partial charge in [-0.3, -0.25) is 11.3 Å². The summed E-state index contributed by atoms with van der Waals surface area (Å²) in [6.45, 7) is 1.41. The molecule has 0 spiro atoms. The van der Waals surface area contributed by atoms with E-state index in [-0.39, 0.29) is 11.9 Å². The van der Waals surface area contributed by atoms with Crippen LogP contribution in [0.4, 0.5) is 4.39 Å². The minimum Gasteiger partial charge on any atom is -0.381 e. The Morgan fingerprint density at radius 1 is 1.56 bits per heavy atom. The lowest BCUT2D eigenvalue weighted by Crippen LogP contribution is -2.34. The topological polar surface area (TPSA) is 47.3 Å². The lowest BCUT2D eigenvalue weighted by molar-refractivity contribution is 0.176. The first-order valence-electron chi connectivity index (χ1n) is 5.21. The molecule has 16 heavy (non-hydrogen) atoms. The summed E-state index contributed by atoms with van der Waals surface area (Å²) in [4.78, 5) is 0. The van der Waals surface area contributed by atoms with Crippen LogP contribution < -0.4 is 11.3 Å². The van der Waals surface area contributed by atoms with Crippen LogP contribution in [0.15, 0.2) is 22.7 Å². The van der Waals surface area contributed by atoms with Crippen LogP contribution >= 0.6 is 15.9 Å². The first-order chi connectivity index (χ1) is 7.72. The molecule has 2 rings (SSSR count). The van der Waals surface area contributed by atoms with Crippen LogP contribution in [0.2, 0.25) is 0 Å². The van der Waals surface area contributed by atoms with Gasteiger partial charge in [0, 0.05) is 17.0 Å². The molecule has 3 N–H and O–H groups in total. The summed E-state index contributed by atoms with van der Waals surface area (Å²) in [7, 11) is 0. The van der Waals surface area contributed by atoms with E-state index in [4.69, 9.17) is 10.6 Å². The summed E-state index contributed by atoms with van der Waals surface area (Å²) in [5.41, 5.74) is 3.60. The number of benzene rings is 1. The second kappa shape index (κ2) is 5.23. The van der Waals surface area contributed by atoms with Crippen LogP contribution in [0.1, 0.15) is 18.0 Å². The molecular formula is C11H14BrFN2O. The summed E-state index contributed by atoms with van der Waals surface area (Å²) >= 11 is 3.42. The van der Waals surface area contributed by atoms with Crippen molar-refractivity contribution < 1.29 is 9.13 Å². The smallest absolute Gasteiger partial charge is 0.123 e. The van der Waals surface area contributed by atoms with Gasteiger partial charge in [0.15, 0.2) is 0 Å². The Hall–Kier alpha value is -0.490. The molecule has 88 valence electrons. The molecule has 3 nitrogen and oxygen atoms in total. The number of nitrogens with one attached hydrogen (secondary N) is 1. The van der Waals surface area contributed by atoms with Gasteiger partial charge in [0.25, 0.3) is 0 Å². The van der Waals surface area contributed by atoms with E-state index < -0.39 is 0 Å². The molecule has 1 heterocycles. The molecule has 0 amide bonds. The highest BCUT2D eigenvalue weighted by molar-refractivity contribution is 9.10. The van der Waals surface area contributed by atoms with E-state index in [2.05, 4.69) is 21.4 Å². The monoisotopic (exact) mass is 288 g/mol. The van der Waals surface area contributed by atoms with Gasteiger partial charge < -0.3 is 4.74 Å². The van der Waals surface area contributed by atoms with Gasteiger partial charge in [-0.05, 0) is 30.2 Å². The molecule has 5 heteroatoms. The third-order valence-electron chi connectivity index (χ3n) is 2.91. The Morgan fingerprint density at radius 2 is 2.38 bits per heavy atom. The fraction of sp³-hybridized carbons (Fsp3) is 0.455. The molecule has 1 aromatic rings. The third-order valence-corrected chi connectivity index (χ3v) is 3.63. The summed E-state index contributed by atoms with van der Waals surface area (Å²) < 4.78 is 19.4. The van der Waals surface area contributed by atoms with E-state index in [0.29, 0.717) is 12.5 Å². The van der Waals surface area contributed by atoms with E-state index >= 15 is 0 Å². The molecular weight excluding hydrogens is 275 g/mol. The van der Waals surface area contributed by atoms with Crippen molar-refractivity contribution in [1.82, 2.24) is 5.43 Å². The number of rotatable bonds is 3. The first kappa shape index (κ1) is 12.0. The Bertz CT molecular complexity index is 369. The van der Waals surface area contributed by atoms with Crippen LogP contribution in [-0.2, 0) is 4.74 Å². The van der Waals surface area contributed by atoms with E-state index in [1.165, 1.54) is 12.1 Å². The zero-order valence-electron chi connectivity index (χ0n) is 8.75. The van der Waals surface area contributed by atoms with Crippen molar-refractivity contribution in [2.75, 3.05) is 13.2 Å². The summed E-state index contributed by atoms with van der Waals surface area (Å²) in [5, 5.41) is 0. The van der Waals surface area contributed by atoms with Crippen molar-refractivity contribution >= 4 is 15.9 Å². The highest BCUT2D eigenvalue weighted by atomic mass is 79.9. The quantitative estimate of drug-likeness (QED) is 0.662. The van der Waals surface area contributed by atoms with E-state index in [9.17, 15) is 4.39 Å². The molecule has 0 radical (unpaired) electrons. The number of halogens is 2. The molecule has 1 saturated heterocycles. The van der Waals surface area contributed by atoms with E-state index in [0.717, 1.165) is 23.1 Å². The number of hydrogen-bond donors (Lipinski definition) is 2. The van der Waals surface area contributed by atoms with Crippen molar-refractivity contribution in [2.24, 2.45) is 11.8 Å².